The molecule has 0 radical (unpaired) electrons. The molecular formula is C13H13Br2FN4. The summed E-state index contributed by atoms with van der Waals surface area (Å²) < 4.78 is 14.7. The Morgan fingerprint density at radius 3 is 2.80 bits per heavy atom. The second kappa shape index (κ2) is 6.99. The average Bonchev–Trinajstić information content (AvgIpc) is 2.43. The van der Waals surface area contributed by atoms with Crippen LogP contribution in [0.3, 0.4) is 0 Å². The van der Waals surface area contributed by atoms with E-state index in [0.717, 1.165) is 17.4 Å². The SMILES string of the molecule is CCCNc1ncc(Br)c(Nc2cc(F)ccc2Br)n1. The van der Waals surface area contributed by atoms with E-state index in [0.29, 0.717) is 21.9 Å². The fraction of sp³-hybridized carbons (Fsp3) is 0.231. The number of halogens is 3. The van der Waals surface area contributed by atoms with Crippen molar-refractivity contribution in [2.24, 2.45) is 0 Å². The maximum Gasteiger partial charge on any atom is 0.224 e. The maximum absolute atomic E-state index is 13.3. The number of aromatic nitrogens is 2. The molecule has 0 amide bonds. The van der Waals surface area contributed by atoms with Crippen LogP contribution >= 0.6 is 31.9 Å². The van der Waals surface area contributed by atoms with Crippen LogP contribution in [0.2, 0.25) is 0 Å². The summed E-state index contributed by atoms with van der Waals surface area (Å²) in [6.45, 7) is 2.86. The molecule has 1 aromatic heterocycles. The number of benzene rings is 1. The van der Waals surface area contributed by atoms with Crippen molar-refractivity contribution < 1.29 is 4.39 Å². The lowest BCUT2D eigenvalue weighted by Crippen LogP contribution is -2.06. The molecule has 106 valence electrons. The van der Waals surface area contributed by atoms with Crippen molar-refractivity contribution in [1.82, 2.24) is 9.97 Å². The molecule has 2 N–H and O–H groups in total. The van der Waals surface area contributed by atoms with Gasteiger partial charge in [0.25, 0.3) is 0 Å². The predicted octanol–water partition coefficient (Wildman–Crippen LogP) is 4.71. The van der Waals surface area contributed by atoms with Crippen LogP contribution in [0.1, 0.15) is 13.3 Å². The highest BCUT2D eigenvalue weighted by molar-refractivity contribution is 9.11. The van der Waals surface area contributed by atoms with E-state index >= 15 is 0 Å². The normalized spacial score (nSPS) is 10.4. The van der Waals surface area contributed by atoms with Crippen molar-refractivity contribution >= 4 is 49.3 Å². The second-order valence-electron chi connectivity index (χ2n) is 4.07. The zero-order valence-electron chi connectivity index (χ0n) is 10.8. The molecule has 0 fully saturated rings. The van der Waals surface area contributed by atoms with E-state index < -0.39 is 0 Å². The van der Waals surface area contributed by atoms with Gasteiger partial charge in [-0.15, -0.1) is 0 Å². The molecule has 0 aliphatic carbocycles. The Balaban J connectivity index is 2.25. The third-order valence-electron chi connectivity index (χ3n) is 2.46. The lowest BCUT2D eigenvalue weighted by atomic mass is 10.3. The molecule has 1 aromatic carbocycles. The van der Waals surface area contributed by atoms with Gasteiger partial charge in [0.15, 0.2) is 0 Å². The highest BCUT2D eigenvalue weighted by atomic mass is 79.9. The highest BCUT2D eigenvalue weighted by Crippen LogP contribution is 2.29. The number of hydrogen-bond donors (Lipinski definition) is 2. The summed E-state index contributed by atoms with van der Waals surface area (Å²) in [6, 6.07) is 4.43. The molecule has 0 aliphatic rings. The van der Waals surface area contributed by atoms with Gasteiger partial charge in [-0.25, -0.2) is 9.37 Å². The van der Waals surface area contributed by atoms with Crippen molar-refractivity contribution in [3.05, 3.63) is 39.2 Å². The van der Waals surface area contributed by atoms with E-state index in [1.54, 1.807) is 12.3 Å². The molecule has 4 nitrogen and oxygen atoms in total. The summed E-state index contributed by atoms with van der Waals surface area (Å²) >= 11 is 6.74. The van der Waals surface area contributed by atoms with E-state index in [9.17, 15) is 4.39 Å². The van der Waals surface area contributed by atoms with Gasteiger partial charge in [-0.1, -0.05) is 6.92 Å². The summed E-state index contributed by atoms with van der Waals surface area (Å²) in [5.74, 6) is 0.792. The Labute approximate surface area is 133 Å². The Bertz CT molecular complexity index is 607. The summed E-state index contributed by atoms with van der Waals surface area (Å²) in [7, 11) is 0. The van der Waals surface area contributed by atoms with Gasteiger partial charge < -0.3 is 10.6 Å². The first-order chi connectivity index (χ1) is 9.60. The third kappa shape index (κ3) is 3.89. The maximum atomic E-state index is 13.3. The molecule has 0 aliphatic heterocycles. The van der Waals surface area contributed by atoms with Crippen LogP contribution in [-0.2, 0) is 0 Å². The van der Waals surface area contributed by atoms with Crippen molar-refractivity contribution in [1.29, 1.82) is 0 Å². The van der Waals surface area contributed by atoms with Crippen molar-refractivity contribution in [3.8, 4) is 0 Å². The van der Waals surface area contributed by atoms with E-state index in [4.69, 9.17) is 0 Å². The van der Waals surface area contributed by atoms with Gasteiger partial charge in [-0.2, -0.15) is 4.98 Å². The second-order valence-corrected chi connectivity index (χ2v) is 5.77. The minimum Gasteiger partial charge on any atom is -0.354 e. The van der Waals surface area contributed by atoms with Gasteiger partial charge in [0.05, 0.1) is 10.2 Å². The molecule has 0 spiro atoms. The van der Waals surface area contributed by atoms with Gasteiger partial charge in [-0.3, -0.25) is 0 Å². The van der Waals surface area contributed by atoms with Crippen LogP contribution in [0.15, 0.2) is 33.3 Å². The smallest absolute Gasteiger partial charge is 0.224 e. The van der Waals surface area contributed by atoms with E-state index in [1.807, 2.05) is 0 Å². The first kappa shape index (κ1) is 15.2. The molecule has 0 bridgehead atoms. The van der Waals surface area contributed by atoms with E-state index in [1.165, 1.54) is 12.1 Å². The average molecular weight is 404 g/mol. The van der Waals surface area contributed by atoms with Gasteiger partial charge in [-0.05, 0) is 56.5 Å². The standard InChI is InChI=1S/C13H13Br2FN4/c1-2-5-17-13-18-7-10(15)12(20-13)19-11-6-8(16)3-4-9(11)14/h3-4,6-7H,2,5H2,1H3,(H2,17,18,19,20). The molecule has 7 heteroatoms. The fourth-order valence-electron chi connectivity index (χ4n) is 1.50. The summed E-state index contributed by atoms with van der Waals surface area (Å²) in [6.07, 6.45) is 2.64. The minimum atomic E-state index is -0.315. The van der Waals surface area contributed by atoms with Gasteiger partial charge >= 0.3 is 0 Å². The predicted molar refractivity (Wildman–Crippen MR) is 85.9 cm³/mol. The Kier molecular flexibility index (Phi) is 5.31. The summed E-state index contributed by atoms with van der Waals surface area (Å²) in [4.78, 5) is 8.52. The van der Waals surface area contributed by atoms with Crippen LogP contribution in [0.4, 0.5) is 21.8 Å². The Morgan fingerprint density at radius 1 is 1.25 bits per heavy atom. The molecule has 0 unspecified atom stereocenters. The third-order valence-corrected chi connectivity index (χ3v) is 3.73. The number of nitrogens with one attached hydrogen (secondary N) is 2. The molecule has 2 rings (SSSR count). The first-order valence-corrected chi connectivity index (χ1v) is 7.67. The Morgan fingerprint density at radius 2 is 2.05 bits per heavy atom. The van der Waals surface area contributed by atoms with Gasteiger partial charge in [0.1, 0.15) is 11.6 Å². The van der Waals surface area contributed by atoms with Crippen molar-refractivity contribution in [2.45, 2.75) is 13.3 Å². The molecule has 1 heterocycles. The monoisotopic (exact) mass is 402 g/mol. The molecule has 20 heavy (non-hydrogen) atoms. The number of anilines is 3. The molecule has 0 saturated heterocycles. The largest absolute Gasteiger partial charge is 0.354 e. The van der Waals surface area contributed by atoms with E-state index in [2.05, 4.69) is 59.4 Å². The van der Waals surface area contributed by atoms with Crippen LogP contribution in [0, 0.1) is 5.82 Å². The number of rotatable bonds is 5. The first-order valence-electron chi connectivity index (χ1n) is 6.08. The van der Waals surface area contributed by atoms with Crippen molar-refractivity contribution in [2.75, 3.05) is 17.2 Å². The van der Waals surface area contributed by atoms with Crippen LogP contribution < -0.4 is 10.6 Å². The van der Waals surface area contributed by atoms with Gasteiger partial charge in [0, 0.05) is 17.2 Å². The van der Waals surface area contributed by atoms with E-state index in [-0.39, 0.29) is 5.82 Å². The highest BCUT2D eigenvalue weighted by Gasteiger charge is 2.08. The lowest BCUT2D eigenvalue weighted by Gasteiger charge is -2.11. The Hall–Kier alpha value is -1.21. The van der Waals surface area contributed by atoms with Gasteiger partial charge in [0.2, 0.25) is 5.95 Å². The molecule has 2 aromatic rings. The molecular weight excluding hydrogens is 391 g/mol. The zero-order chi connectivity index (χ0) is 14.5. The quantitative estimate of drug-likeness (QED) is 0.759. The minimum absolute atomic E-state index is 0.315. The lowest BCUT2D eigenvalue weighted by molar-refractivity contribution is 0.628. The number of nitrogens with zero attached hydrogens (tertiary/aromatic N) is 2. The van der Waals surface area contributed by atoms with Crippen LogP contribution in [0.5, 0.6) is 0 Å². The topological polar surface area (TPSA) is 49.8 Å². The molecule has 0 atom stereocenters. The fourth-order valence-corrected chi connectivity index (χ4v) is 2.13. The summed E-state index contributed by atoms with van der Waals surface area (Å²) in [5, 5.41) is 6.18. The summed E-state index contributed by atoms with van der Waals surface area (Å²) in [5.41, 5.74) is 0.603. The number of hydrogen-bond acceptors (Lipinski definition) is 4. The molecule has 0 saturated carbocycles. The van der Waals surface area contributed by atoms with Crippen LogP contribution in [0.25, 0.3) is 0 Å². The van der Waals surface area contributed by atoms with Crippen molar-refractivity contribution in [3.63, 3.8) is 0 Å². The van der Waals surface area contributed by atoms with Crippen LogP contribution in [-0.4, -0.2) is 16.5 Å². The zero-order valence-corrected chi connectivity index (χ0v) is 13.9.